The van der Waals surface area contributed by atoms with Crippen LogP contribution in [-0.2, 0) is 13.2 Å². The Morgan fingerprint density at radius 1 is 1.14 bits per heavy atom. The molecule has 2 aromatic carbocycles. The lowest BCUT2D eigenvalue weighted by Crippen LogP contribution is -2.15. The maximum atomic E-state index is 14.0. The van der Waals surface area contributed by atoms with Crippen LogP contribution in [0.1, 0.15) is 24.5 Å². The van der Waals surface area contributed by atoms with Crippen LogP contribution in [0, 0.1) is 5.82 Å². The molecule has 1 N–H and O–H groups in total. The summed E-state index contributed by atoms with van der Waals surface area (Å²) in [4.78, 5) is 0. The molecule has 0 fully saturated rings. The van der Waals surface area contributed by atoms with Crippen molar-refractivity contribution in [2.45, 2.75) is 26.5 Å². The van der Waals surface area contributed by atoms with Gasteiger partial charge in [0.2, 0.25) is 0 Å². The third-order valence-electron chi connectivity index (χ3n) is 3.09. The highest BCUT2D eigenvalue weighted by Crippen LogP contribution is 2.24. The zero-order valence-corrected chi connectivity index (χ0v) is 12.8. The Balaban J connectivity index is 2.05. The Labute approximate surface area is 129 Å². The molecule has 0 aliphatic carbocycles. The van der Waals surface area contributed by atoms with E-state index in [9.17, 15) is 4.39 Å². The Morgan fingerprint density at radius 2 is 1.90 bits per heavy atom. The summed E-state index contributed by atoms with van der Waals surface area (Å²) in [6.45, 7) is 3.91. The number of para-hydroxylation sites is 1. The first kappa shape index (κ1) is 15.8. The molecule has 0 aliphatic rings. The zero-order valence-electron chi connectivity index (χ0n) is 12.0. The van der Waals surface area contributed by atoms with E-state index in [-0.39, 0.29) is 5.82 Å². The summed E-state index contributed by atoms with van der Waals surface area (Å²) in [5, 5.41) is 3.94. The van der Waals surface area contributed by atoms with Gasteiger partial charge in [-0.1, -0.05) is 42.8 Å². The molecule has 0 saturated heterocycles. The van der Waals surface area contributed by atoms with E-state index in [0.29, 0.717) is 23.9 Å². The van der Waals surface area contributed by atoms with Gasteiger partial charge in [-0.25, -0.2) is 4.39 Å². The molecule has 0 heterocycles. The van der Waals surface area contributed by atoms with E-state index in [4.69, 9.17) is 16.3 Å². The molecule has 0 unspecified atom stereocenters. The lowest BCUT2D eigenvalue weighted by Gasteiger charge is -2.13. The van der Waals surface area contributed by atoms with E-state index in [0.717, 1.165) is 24.1 Å². The second-order valence-electron chi connectivity index (χ2n) is 4.82. The highest BCUT2D eigenvalue weighted by Gasteiger charge is 2.09. The van der Waals surface area contributed by atoms with Crippen molar-refractivity contribution < 1.29 is 9.13 Å². The Kier molecular flexibility index (Phi) is 6.03. The molecule has 0 amide bonds. The van der Waals surface area contributed by atoms with Crippen LogP contribution in [-0.4, -0.2) is 6.54 Å². The summed E-state index contributed by atoms with van der Waals surface area (Å²) in [5.41, 5.74) is 1.78. The molecule has 0 aliphatic heterocycles. The molecule has 0 bridgehead atoms. The van der Waals surface area contributed by atoms with Gasteiger partial charge in [0.25, 0.3) is 0 Å². The van der Waals surface area contributed by atoms with Crippen molar-refractivity contribution in [3.8, 4) is 5.75 Å². The van der Waals surface area contributed by atoms with E-state index in [1.807, 2.05) is 18.2 Å². The van der Waals surface area contributed by atoms with Crippen molar-refractivity contribution in [2.24, 2.45) is 0 Å². The number of nitrogens with one attached hydrogen (secondary N) is 1. The monoisotopic (exact) mass is 307 g/mol. The van der Waals surface area contributed by atoms with Gasteiger partial charge in [0.05, 0.1) is 0 Å². The third-order valence-corrected chi connectivity index (χ3v) is 3.34. The maximum Gasteiger partial charge on any atom is 0.165 e. The third kappa shape index (κ3) is 4.73. The van der Waals surface area contributed by atoms with Crippen molar-refractivity contribution in [1.82, 2.24) is 5.32 Å². The standard InChI is InChI=1S/C17H19ClFNO/c1-2-10-20-11-14-4-3-5-16(19)17(14)21-12-13-6-8-15(18)9-7-13/h3-9,20H,2,10-12H2,1H3. The summed E-state index contributed by atoms with van der Waals surface area (Å²) < 4.78 is 19.6. The molecule has 112 valence electrons. The van der Waals surface area contributed by atoms with Gasteiger partial charge in [0, 0.05) is 17.1 Å². The summed E-state index contributed by atoms with van der Waals surface area (Å²) in [5.74, 6) is -0.0178. The van der Waals surface area contributed by atoms with Crippen LogP contribution in [0.4, 0.5) is 4.39 Å². The minimum Gasteiger partial charge on any atom is -0.485 e. The SMILES string of the molecule is CCCNCc1cccc(F)c1OCc1ccc(Cl)cc1. The van der Waals surface area contributed by atoms with Crippen LogP contribution in [0.15, 0.2) is 42.5 Å². The lowest BCUT2D eigenvalue weighted by atomic mass is 10.2. The molecule has 0 radical (unpaired) electrons. The van der Waals surface area contributed by atoms with Gasteiger partial charge in [-0.2, -0.15) is 0 Å². The number of rotatable bonds is 7. The van der Waals surface area contributed by atoms with Gasteiger partial charge in [-0.15, -0.1) is 0 Å². The molecule has 0 atom stereocenters. The second kappa shape index (κ2) is 8.01. The van der Waals surface area contributed by atoms with E-state index in [2.05, 4.69) is 12.2 Å². The van der Waals surface area contributed by atoms with Crippen LogP contribution < -0.4 is 10.1 Å². The fraction of sp³-hybridized carbons (Fsp3) is 0.294. The lowest BCUT2D eigenvalue weighted by molar-refractivity contribution is 0.286. The number of hydrogen-bond donors (Lipinski definition) is 1. The van der Waals surface area contributed by atoms with E-state index < -0.39 is 0 Å². The first-order valence-corrected chi connectivity index (χ1v) is 7.44. The fourth-order valence-corrected chi connectivity index (χ4v) is 2.12. The molecule has 2 aromatic rings. The van der Waals surface area contributed by atoms with E-state index in [1.54, 1.807) is 18.2 Å². The summed E-state index contributed by atoms with van der Waals surface area (Å²) in [6, 6.07) is 12.3. The zero-order chi connectivity index (χ0) is 15.1. The van der Waals surface area contributed by atoms with Crippen molar-refractivity contribution in [1.29, 1.82) is 0 Å². The van der Waals surface area contributed by atoms with Crippen molar-refractivity contribution >= 4 is 11.6 Å². The predicted octanol–water partition coefficient (Wildman–Crippen LogP) is 4.56. The predicted molar refractivity (Wildman–Crippen MR) is 84.2 cm³/mol. The molecule has 0 saturated carbocycles. The smallest absolute Gasteiger partial charge is 0.165 e. The van der Waals surface area contributed by atoms with Gasteiger partial charge in [0.15, 0.2) is 11.6 Å². The molecule has 0 aromatic heterocycles. The van der Waals surface area contributed by atoms with Crippen molar-refractivity contribution in [3.05, 3.63) is 64.4 Å². The minimum atomic E-state index is -0.334. The number of benzene rings is 2. The van der Waals surface area contributed by atoms with Crippen molar-refractivity contribution in [3.63, 3.8) is 0 Å². The molecule has 4 heteroatoms. The second-order valence-corrected chi connectivity index (χ2v) is 5.26. The van der Waals surface area contributed by atoms with Crippen molar-refractivity contribution in [2.75, 3.05) is 6.54 Å². The number of ether oxygens (including phenoxy) is 1. The van der Waals surface area contributed by atoms with Gasteiger partial charge >= 0.3 is 0 Å². The largest absolute Gasteiger partial charge is 0.485 e. The Morgan fingerprint density at radius 3 is 2.62 bits per heavy atom. The van der Waals surface area contributed by atoms with Gasteiger partial charge in [-0.05, 0) is 36.7 Å². The topological polar surface area (TPSA) is 21.3 Å². The quantitative estimate of drug-likeness (QED) is 0.757. The molecule has 2 nitrogen and oxygen atoms in total. The van der Waals surface area contributed by atoms with Crippen LogP contribution in [0.25, 0.3) is 0 Å². The maximum absolute atomic E-state index is 14.0. The van der Waals surface area contributed by atoms with Crippen LogP contribution in [0.3, 0.4) is 0 Å². The molecular formula is C17H19ClFNO. The minimum absolute atomic E-state index is 0.316. The highest BCUT2D eigenvalue weighted by atomic mass is 35.5. The summed E-state index contributed by atoms with van der Waals surface area (Å²) in [6.07, 6.45) is 1.04. The summed E-state index contributed by atoms with van der Waals surface area (Å²) >= 11 is 5.84. The average Bonchev–Trinajstić information content (AvgIpc) is 2.48. The van der Waals surface area contributed by atoms with Crippen LogP contribution in [0.5, 0.6) is 5.75 Å². The molecule has 2 rings (SSSR count). The Bertz CT molecular complexity index is 572. The summed E-state index contributed by atoms with van der Waals surface area (Å²) in [7, 11) is 0. The first-order valence-electron chi connectivity index (χ1n) is 7.06. The van der Waals surface area contributed by atoms with Crippen LogP contribution >= 0.6 is 11.6 Å². The Hall–Kier alpha value is -1.58. The first-order chi connectivity index (χ1) is 10.2. The number of hydrogen-bond acceptors (Lipinski definition) is 2. The molecule has 21 heavy (non-hydrogen) atoms. The van der Waals surface area contributed by atoms with Gasteiger partial charge in [-0.3, -0.25) is 0 Å². The molecule has 0 spiro atoms. The average molecular weight is 308 g/mol. The van der Waals surface area contributed by atoms with Gasteiger partial charge < -0.3 is 10.1 Å². The fourth-order valence-electron chi connectivity index (χ4n) is 1.99. The normalized spacial score (nSPS) is 10.6. The molecular weight excluding hydrogens is 289 g/mol. The van der Waals surface area contributed by atoms with E-state index >= 15 is 0 Å². The van der Waals surface area contributed by atoms with Gasteiger partial charge in [0.1, 0.15) is 6.61 Å². The highest BCUT2D eigenvalue weighted by molar-refractivity contribution is 6.30. The van der Waals surface area contributed by atoms with E-state index in [1.165, 1.54) is 6.07 Å². The number of halogens is 2. The van der Waals surface area contributed by atoms with Crippen LogP contribution in [0.2, 0.25) is 5.02 Å².